The van der Waals surface area contributed by atoms with Crippen LogP contribution in [0.15, 0.2) is 48.5 Å². The number of ether oxygens (including phenoxy) is 1. The van der Waals surface area contributed by atoms with Crippen LogP contribution in [-0.4, -0.2) is 18.4 Å². The number of rotatable bonds is 5. The predicted molar refractivity (Wildman–Crippen MR) is 93.9 cm³/mol. The Morgan fingerprint density at radius 3 is 2.57 bits per heavy atom. The number of methoxy groups -OCH3 is 1. The highest BCUT2D eigenvalue weighted by Gasteiger charge is 2.46. The molecule has 0 aliphatic carbocycles. The van der Waals surface area contributed by atoms with Crippen molar-refractivity contribution in [3.05, 3.63) is 59.7 Å². The normalized spacial score (nSPS) is 23.0. The third-order valence-corrected chi connectivity index (χ3v) is 4.96. The van der Waals surface area contributed by atoms with E-state index >= 15 is 0 Å². The molecule has 0 amide bonds. The Bertz CT molecular complexity index is 671. The molecular formula is C20H25NO2. The first-order valence-corrected chi connectivity index (χ1v) is 8.27. The van der Waals surface area contributed by atoms with E-state index in [1.54, 1.807) is 7.11 Å². The minimum Gasteiger partial charge on any atom is -0.497 e. The Kier molecular flexibility index (Phi) is 4.31. The molecule has 0 aromatic heterocycles. The molecule has 1 heterocycles. The molecule has 2 aromatic carbocycles. The van der Waals surface area contributed by atoms with Gasteiger partial charge in [-0.05, 0) is 35.7 Å². The van der Waals surface area contributed by atoms with Gasteiger partial charge in [-0.25, -0.2) is 0 Å². The largest absolute Gasteiger partial charge is 0.497 e. The standard InChI is InChI=1S/C20H25NO2/c1-4-12-20(2)17-13-16(23-3)10-11-18(17)21(19(20)22)14-15-8-6-5-7-9-15/h5-11,13,19,22H,4,12,14H2,1-3H3/t19?,20-/m1/s1. The summed E-state index contributed by atoms with van der Waals surface area (Å²) in [4.78, 5) is 2.11. The van der Waals surface area contributed by atoms with E-state index in [9.17, 15) is 5.11 Å². The molecule has 1 aliphatic heterocycles. The van der Waals surface area contributed by atoms with E-state index in [-0.39, 0.29) is 5.41 Å². The van der Waals surface area contributed by atoms with Gasteiger partial charge < -0.3 is 14.7 Å². The number of anilines is 1. The van der Waals surface area contributed by atoms with Crippen molar-refractivity contribution in [3.63, 3.8) is 0 Å². The zero-order valence-corrected chi connectivity index (χ0v) is 14.1. The first-order valence-electron chi connectivity index (χ1n) is 8.27. The summed E-state index contributed by atoms with van der Waals surface area (Å²) in [5, 5.41) is 11.1. The van der Waals surface area contributed by atoms with Gasteiger partial charge in [-0.2, -0.15) is 0 Å². The van der Waals surface area contributed by atoms with E-state index in [4.69, 9.17) is 4.74 Å². The Balaban J connectivity index is 2.02. The van der Waals surface area contributed by atoms with Crippen LogP contribution >= 0.6 is 0 Å². The number of aliphatic hydroxyl groups excluding tert-OH is 1. The fraction of sp³-hybridized carbons (Fsp3) is 0.400. The number of hydrogen-bond acceptors (Lipinski definition) is 3. The summed E-state index contributed by atoms with van der Waals surface area (Å²) < 4.78 is 5.40. The van der Waals surface area contributed by atoms with Crippen LogP contribution in [0.4, 0.5) is 5.69 Å². The van der Waals surface area contributed by atoms with E-state index in [0.29, 0.717) is 6.54 Å². The number of benzene rings is 2. The van der Waals surface area contributed by atoms with Gasteiger partial charge in [0.15, 0.2) is 0 Å². The Morgan fingerprint density at radius 2 is 1.91 bits per heavy atom. The molecule has 1 unspecified atom stereocenters. The van der Waals surface area contributed by atoms with Gasteiger partial charge in [0.25, 0.3) is 0 Å². The van der Waals surface area contributed by atoms with Gasteiger partial charge in [-0.15, -0.1) is 0 Å². The number of fused-ring (bicyclic) bond motifs is 1. The molecule has 2 atom stereocenters. The Morgan fingerprint density at radius 1 is 1.17 bits per heavy atom. The van der Waals surface area contributed by atoms with Crippen LogP contribution in [0.3, 0.4) is 0 Å². The van der Waals surface area contributed by atoms with E-state index in [1.807, 2.05) is 24.3 Å². The maximum absolute atomic E-state index is 11.1. The van der Waals surface area contributed by atoms with Gasteiger partial charge >= 0.3 is 0 Å². The van der Waals surface area contributed by atoms with Crippen molar-refractivity contribution >= 4 is 5.69 Å². The summed E-state index contributed by atoms with van der Waals surface area (Å²) in [7, 11) is 1.69. The number of nitrogens with zero attached hydrogens (tertiary/aromatic N) is 1. The van der Waals surface area contributed by atoms with E-state index < -0.39 is 6.23 Å². The summed E-state index contributed by atoms with van der Waals surface area (Å²) in [6, 6.07) is 16.4. The van der Waals surface area contributed by atoms with Crippen molar-refractivity contribution in [3.8, 4) is 5.75 Å². The summed E-state index contributed by atoms with van der Waals surface area (Å²) in [5.74, 6) is 0.847. The molecule has 2 aromatic rings. The van der Waals surface area contributed by atoms with Gasteiger partial charge in [-0.3, -0.25) is 0 Å². The quantitative estimate of drug-likeness (QED) is 0.902. The maximum Gasteiger partial charge on any atom is 0.136 e. The van der Waals surface area contributed by atoms with E-state index in [1.165, 1.54) is 11.1 Å². The first-order chi connectivity index (χ1) is 11.1. The lowest BCUT2D eigenvalue weighted by molar-refractivity contribution is 0.0920. The summed E-state index contributed by atoms with van der Waals surface area (Å²) in [6.45, 7) is 5.03. The molecule has 0 fully saturated rings. The second kappa shape index (κ2) is 6.25. The van der Waals surface area contributed by atoms with Crippen LogP contribution in [0.2, 0.25) is 0 Å². The Labute approximate surface area is 138 Å². The molecule has 3 heteroatoms. The molecule has 3 nitrogen and oxygen atoms in total. The summed E-state index contributed by atoms with van der Waals surface area (Å²) in [6.07, 6.45) is 1.45. The van der Waals surface area contributed by atoms with Crippen molar-refractivity contribution in [2.75, 3.05) is 12.0 Å². The van der Waals surface area contributed by atoms with Crippen LogP contribution < -0.4 is 9.64 Å². The topological polar surface area (TPSA) is 32.7 Å². The lowest BCUT2D eigenvalue weighted by Gasteiger charge is -2.33. The highest BCUT2D eigenvalue weighted by Crippen LogP contribution is 2.48. The van der Waals surface area contributed by atoms with Crippen LogP contribution in [0.5, 0.6) is 5.75 Å². The minimum absolute atomic E-state index is 0.270. The molecule has 0 saturated carbocycles. The van der Waals surface area contributed by atoms with Gasteiger partial charge in [0, 0.05) is 17.6 Å². The van der Waals surface area contributed by atoms with Crippen LogP contribution in [-0.2, 0) is 12.0 Å². The van der Waals surface area contributed by atoms with Crippen LogP contribution in [0.25, 0.3) is 0 Å². The lowest BCUT2D eigenvalue weighted by Crippen LogP contribution is -2.42. The third kappa shape index (κ3) is 2.70. The maximum atomic E-state index is 11.1. The highest BCUT2D eigenvalue weighted by atomic mass is 16.5. The van der Waals surface area contributed by atoms with E-state index in [2.05, 4.69) is 43.0 Å². The lowest BCUT2D eigenvalue weighted by atomic mass is 9.79. The van der Waals surface area contributed by atoms with Crippen molar-refractivity contribution < 1.29 is 9.84 Å². The molecule has 1 aliphatic rings. The molecule has 122 valence electrons. The van der Waals surface area contributed by atoms with Crippen molar-refractivity contribution in [1.82, 2.24) is 0 Å². The monoisotopic (exact) mass is 311 g/mol. The van der Waals surface area contributed by atoms with Gasteiger partial charge in [0.2, 0.25) is 0 Å². The predicted octanol–water partition coefficient (Wildman–Crippen LogP) is 4.09. The highest BCUT2D eigenvalue weighted by molar-refractivity contribution is 5.65. The molecule has 0 radical (unpaired) electrons. The zero-order chi connectivity index (χ0) is 16.4. The second-order valence-electron chi connectivity index (χ2n) is 6.54. The molecule has 0 bridgehead atoms. The fourth-order valence-corrected chi connectivity index (χ4v) is 3.70. The number of aliphatic hydroxyl groups is 1. The van der Waals surface area contributed by atoms with Crippen LogP contribution in [0, 0.1) is 0 Å². The molecule has 0 spiro atoms. The summed E-state index contributed by atoms with van der Waals surface area (Å²) >= 11 is 0. The molecular weight excluding hydrogens is 286 g/mol. The smallest absolute Gasteiger partial charge is 0.136 e. The average molecular weight is 311 g/mol. The van der Waals surface area contributed by atoms with Crippen molar-refractivity contribution in [2.24, 2.45) is 0 Å². The van der Waals surface area contributed by atoms with Gasteiger partial charge in [-0.1, -0.05) is 50.6 Å². The van der Waals surface area contributed by atoms with Crippen molar-refractivity contribution in [1.29, 1.82) is 0 Å². The Hall–Kier alpha value is -2.00. The molecule has 3 rings (SSSR count). The first kappa shape index (κ1) is 15.9. The van der Waals surface area contributed by atoms with Crippen molar-refractivity contribution in [2.45, 2.75) is 44.9 Å². The minimum atomic E-state index is -0.523. The fourth-order valence-electron chi connectivity index (χ4n) is 3.70. The van der Waals surface area contributed by atoms with Crippen LogP contribution in [0.1, 0.15) is 37.8 Å². The third-order valence-electron chi connectivity index (χ3n) is 4.96. The molecule has 1 N–H and O–H groups in total. The van der Waals surface area contributed by atoms with Gasteiger partial charge in [0.05, 0.1) is 7.11 Å². The SMILES string of the molecule is CCC[C@]1(C)c2cc(OC)ccc2N(Cc2ccccc2)C1O. The van der Waals surface area contributed by atoms with Gasteiger partial charge in [0.1, 0.15) is 12.0 Å². The summed E-state index contributed by atoms with van der Waals surface area (Å²) in [5.41, 5.74) is 3.22. The molecule has 23 heavy (non-hydrogen) atoms. The molecule has 0 saturated heterocycles. The zero-order valence-electron chi connectivity index (χ0n) is 14.1. The van der Waals surface area contributed by atoms with E-state index in [0.717, 1.165) is 24.3 Å². The average Bonchev–Trinajstić information content (AvgIpc) is 2.78. The number of hydrogen-bond donors (Lipinski definition) is 1. The second-order valence-corrected chi connectivity index (χ2v) is 6.54.